The van der Waals surface area contributed by atoms with E-state index in [-0.39, 0.29) is 5.56 Å². The smallest absolute Gasteiger partial charge is 0.281 e. The van der Waals surface area contributed by atoms with E-state index in [1.165, 1.54) is 0 Å². The lowest BCUT2D eigenvalue weighted by molar-refractivity contribution is 0.466. The van der Waals surface area contributed by atoms with Gasteiger partial charge in [-0.3, -0.25) is 4.79 Å². The molecule has 0 atom stereocenters. The summed E-state index contributed by atoms with van der Waals surface area (Å²) >= 11 is 6.22. The van der Waals surface area contributed by atoms with Crippen molar-refractivity contribution in [1.82, 2.24) is 15.0 Å². The molecule has 3 rings (SSSR count). The van der Waals surface area contributed by atoms with E-state index in [0.29, 0.717) is 15.9 Å². The van der Waals surface area contributed by atoms with E-state index in [1.54, 1.807) is 10.7 Å². The molecular formula is C15H19ClN4O. The lowest BCUT2D eigenvalue weighted by atomic mass is 10.2. The first-order valence-electron chi connectivity index (χ1n) is 7.38. The lowest BCUT2D eigenvalue weighted by Gasteiger charge is -2.32. The Morgan fingerprint density at radius 2 is 2.10 bits per heavy atom. The van der Waals surface area contributed by atoms with E-state index in [1.807, 2.05) is 12.1 Å². The number of nitrogens with zero attached hydrogens (tertiary/aromatic N) is 3. The molecule has 0 radical (unpaired) electrons. The third kappa shape index (κ3) is 2.63. The number of benzene rings is 1. The molecule has 2 heterocycles. The monoisotopic (exact) mass is 306 g/mol. The maximum atomic E-state index is 12.9. The molecule has 0 bridgehead atoms. The fourth-order valence-corrected chi connectivity index (χ4v) is 3.01. The average Bonchev–Trinajstić information content (AvgIpc) is 2.48. The number of halogens is 1. The molecule has 1 aromatic carbocycles. The molecule has 5 nitrogen and oxygen atoms in total. The Hall–Kier alpha value is -1.59. The summed E-state index contributed by atoms with van der Waals surface area (Å²) in [5, 5.41) is 6.35. The Morgan fingerprint density at radius 1 is 1.33 bits per heavy atom. The summed E-state index contributed by atoms with van der Waals surface area (Å²) in [6.45, 7) is 5.44. The van der Waals surface area contributed by atoms with Crippen LogP contribution in [0.5, 0.6) is 0 Å². The first kappa shape index (κ1) is 14.4. The molecule has 1 saturated heterocycles. The summed E-state index contributed by atoms with van der Waals surface area (Å²) in [4.78, 5) is 17.6. The zero-order valence-corrected chi connectivity index (χ0v) is 12.9. The molecule has 21 heavy (non-hydrogen) atoms. The minimum atomic E-state index is -0.0593. The summed E-state index contributed by atoms with van der Waals surface area (Å²) < 4.78 is 1.73. The van der Waals surface area contributed by atoms with E-state index in [0.717, 1.165) is 44.8 Å². The molecule has 0 saturated carbocycles. The number of nitrogens with one attached hydrogen (secondary N) is 1. The molecule has 0 spiro atoms. The molecule has 0 unspecified atom stereocenters. The number of aryl methyl sites for hydroxylation is 1. The van der Waals surface area contributed by atoms with Gasteiger partial charge >= 0.3 is 0 Å². The largest absolute Gasteiger partial charge is 0.313 e. The number of aromatic nitrogens is 2. The van der Waals surface area contributed by atoms with Gasteiger partial charge in [-0.15, -0.1) is 0 Å². The summed E-state index contributed by atoms with van der Waals surface area (Å²) in [6.07, 6.45) is 1.73. The number of hydrogen-bond donors (Lipinski definition) is 1. The standard InChI is InChI=1S/C15H19ClN4O/c1-2-4-13-18-12-6-3-5-11(16)14(12)15(21)20(13)19-9-7-17-8-10-19/h3,5-6,17H,2,4,7-10H2,1H3. The van der Waals surface area contributed by atoms with Crippen LogP contribution in [0, 0.1) is 0 Å². The molecule has 1 aromatic heterocycles. The van der Waals surface area contributed by atoms with Gasteiger partial charge < -0.3 is 10.3 Å². The molecule has 112 valence electrons. The van der Waals surface area contributed by atoms with Crippen molar-refractivity contribution in [2.45, 2.75) is 19.8 Å². The maximum Gasteiger partial charge on any atom is 0.281 e. The second-order valence-electron chi connectivity index (χ2n) is 5.23. The number of rotatable bonds is 3. The summed E-state index contributed by atoms with van der Waals surface area (Å²) in [7, 11) is 0. The van der Waals surface area contributed by atoms with Crippen molar-refractivity contribution in [2.75, 3.05) is 31.2 Å². The zero-order chi connectivity index (χ0) is 14.8. The van der Waals surface area contributed by atoms with Gasteiger partial charge in [0.15, 0.2) is 0 Å². The predicted molar refractivity (Wildman–Crippen MR) is 85.8 cm³/mol. The number of hydrogen-bond acceptors (Lipinski definition) is 4. The molecule has 0 aliphatic carbocycles. The zero-order valence-electron chi connectivity index (χ0n) is 12.1. The second kappa shape index (κ2) is 6.03. The van der Waals surface area contributed by atoms with Crippen molar-refractivity contribution >= 4 is 22.5 Å². The maximum absolute atomic E-state index is 12.9. The Labute approximate surface area is 128 Å². The van der Waals surface area contributed by atoms with Crippen molar-refractivity contribution < 1.29 is 0 Å². The highest BCUT2D eigenvalue weighted by atomic mass is 35.5. The summed E-state index contributed by atoms with van der Waals surface area (Å²) in [5.74, 6) is 0.819. The third-order valence-electron chi connectivity index (χ3n) is 3.74. The van der Waals surface area contributed by atoms with Crippen molar-refractivity contribution in [2.24, 2.45) is 0 Å². The van der Waals surface area contributed by atoms with Crippen LogP contribution in [0.25, 0.3) is 10.9 Å². The fraction of sp³-hybridized carbons (Fsp3) is 0.467. The Kier molecular flexibility index (Phi) is 4.12. The molecule has 1 N–H and O–H groups in total. The van der Waals surface area contributed by atoms with Crippen LogP contribution < -0.4 is 15.9 Å². The fourth-order valence-electron chi connectivity index (χ4n) is 2.76. The van der Waals surface area contributed by atoms with Gasteiger partial charge in [0, 0.05) is 32.6 Å². The van der Waals surface area contributed by atoms with E-state index in [4.69, 9.17) is 11.6 Å². The normalized spacial score (nSPS) is 15.6. The molecule has 1 aliphatic rings. The van der Waals surface area contributed by atoms with Crippen LogP contribution in [-0.4, -0.2) is 35.8 Å². The van der Waals surface area contributed by atoms with Crippen LogP contribution in [0.1, 0.15) is 19.2 Å². The lowest BCUT2D eigenvalue weighted by Crippen LogP contribution is -2.53. The van der Waals surface area contributed by atoms with Gasteiger partial charge in [-0.25, -0.2) is 9.66 Å². The highest BCUT2D eigenvalue weighted by Crippen LogP contribution is 2.19. The van der Waals surface area contributed by atoms with Crippen LogP contribution >= 0.6 is 11.6 Å². The quantitative estimate of drug-likeness (QED) is 0.934. The van der Waals surface area contributed by atoms with E-state index >= 15 is 0 Å². The minimum absolute atomic E-state index is 0.0593. The highest BCUT2D eigenvalue weighted by Gasteiger charge is 2.19. The molecule has 2 aromatic rings. The van der Waals surface area contributed by atoms with Crippen molar-refractivity contribution in [3.63, 3.8) is 0 Å². The molecule has 1 aliphatic heterocycles. The van der Waals surface area contributed by atoms with Crippen LogP contribution in [-0.2, 0) is 6.42 Å². The second-order valence-corrected chi connectivity index (χ2v) is 5.64. The van der Waals surface area contributed by atoms with Gasteiger partial charge in [0.1, 0.15) is 5.82 Å². The third-order valence-corrected chi connectivity index (χ3v) is 4.06. The van der Waals surface area contributed by atoms with Crippen molar-refractivity contribution in [3.8, 4) is 0 Å². The summed E-state index contributed by atoms with van der Waals surface area (Å²) in [6, 6.07) is 5.43. The molecule has 0 amide bonds. The van der Waals surface area contributed by atoms with Gasteiger partial charge in [-0.1, -0.05) is 24.6 Å². The Balaban J connectivity index is 2.23. The first-order valence-corrected chi connectivity index (χ1v) is 7.76. The highest BCUT2D eigenvalue weighted by molar-refractivity contribution is 6.35. The van der Waals surface area contributed by atoms with Crippen molar-refractivity contribution in [1.29, 1.82) is 0 Å². The van der Waals surface area contributed by atoms with E-state index in [2.05, 4.69) is 22.2 Å². The first-order chi connectivity index (χ1) is 10.2. The number of fused-ring (bicyclic) bond motifs is 1. The molecular weight excluding hydrogens is 288 g/mol. The van der Waals surface area contributed by atoms with Gasteiger partial charge in [0.25, 0.3) is 5.56 Å². The molecule has 6 heteroatoms. The predicted octanol–water partition coefficient (Wildman–Crippen LogP) is 1.54. The van der Waals surface area contributed by atoms with Crippen LogP contribution in [0.15, 0.2) is 23.0 Å². The van der Waals surface area contributed by atoms with Crippen LogP contribution in [0.3, 0.4) is 0 Å². The van der Waals surface area contributed by atoms with E-state index < -0.39 is 0 Å². The Bertz CT molecular complexity index is 707. The van der Waals surface area contributed by atoms with Crippen LogP contribution in [0.4, 0.5) is 0 Å². The van der Waals surface area contributed by atoms with E-state index in [9.17, 15) is 4.79 Å². The minimum Gasteiger partial charge on any atom is -0.313 e. The Morgan fingerprint density at radius 3 is 2.81 bits per heavy atom. The van der Waals surface area contributed by atoms with Gasteiger partial charge in [0.2, 0.25) is 0 Å². The van der Waals surface area contributed by atoms with Crippen molar-refractivity contribution in [3.05, 3.63) is 39.4 Å². The average molecular weight is 307 g/mol. The van der Waals surface area contributed by atoms with Crippen LogP contribution in [0.2, 0.25) is 5.02 Å². The van der Waals surface area contributed by atoms with Gasteiger partial charge in [-0.2, -0.15) is 0 Å². The van der Waals surface area contributed by atoms with Gasteiger partial charge in [0.05, 0.1) is 15.9 Å². The summed E-state index contributed by atoms with van der Waals surface area (Å²) in [5.41, 5.74) is 0.623. The number of piperazine rings is 1. The van der Waals surface area contributed by atoms with Gasteiger partial charge in [-0.05, 0) is 18.6 Å². The molecule has 1 fully saturated rings. The SMILES string of the molecule is CCCc1nc2cccc(Cl)c2c(=O)n1N1CCNCC1. The topological polar surface area (TPSA) is 50.2 Å².